The molecule has 6 heteroatoms. The highest BCUT2D eigenvalue weighted by Crippen LogP contribution is 2.22. The Morgan fingerprint density at radius 2 is 1.77 bits per heavy atom. The molecule has 1 aromatic heterocycles. The van der Waals surface area contributed by atoms with E-state index in [-0.39, 0.29) is 11.9 Å². The van der Waals surface area contributed by atoms with E-state index in [2.05, 4.69) is 62.7 Å². The molecule has 0 radical (unpaired) electrons. The molecule has 0 aliphatic carbocycles. The second kappa shape index (κ2) is 8.58. The molecule has 0 spiro atoms. The zero-order valence-corrected chi connectivity index (χ0v) is 18.4. The number of fused-ring (bicyclic) bond motifs is 1. The molecule has 3 aromatic rings. The van der Waals surface area contributed by atoms with Crippen LogP contribution in [0.1, 0.15) is 23.9 Å². The molecule has 4 rings (SSSR count). The minimum Gasteiger partial charge on any atom is -0.322 e. The Kier molecular flexibility index (Phi) is 5.88. The van der Waals surface area contributed by atoms with Crippen molar-refractivity contribution in [2.24, 2.45) is 7.05 Å². The molecular weight excluding hydrogens is 374 g/mol. The summed E-state index contributed by atoms with van der Waals surface area (Å²) in [7, 11) is 1.90. The fraction of sp³-hybridized carbons (Fsp3) is 0.417. The third-order valence-corrected chi connectivity index (χ3v) is 6.37. The van der Waals surface area contributed by atoms with Crippen LogP contribution in [0.25, 0.3) is 10.8 Å². The molecule has 2 heterocycles. The van der Waals surface area contributed by atoms with Gasteiger partial charge in [0.05, 0.1) is 23.1 Å². The highest BCUT2D eigenvalue weighted by Gasteiger charge is 2.27. The predicted octanol–water partition coefficient (Wildman–Crippen LogP) is 3.33. The van der Waals surface area contributed by atoms with E-state index in [1.165, 1.54) is 16.3 Å². The predicted molar refractivity (Wildman–Crippen MR) is 122 cm³/mol. The second-order valence-corrected chi connectivity index (χ2v) is 8.29. The Labute approximate surface area is 178 Å². The average Bonchev–Trinajstić information content (AvgIpc) is 3.00. The van der Waals surface area contributed by atoms with Crippen LogP contribution in [-0.2, 0) is 18.4 Å². The van der Waals surface area contributed by atoms with Crippen LogP contribution in [0.2, 0.25) is 0 Å². The van der Waals surface area contributed by atoms with Crippen molar-refractivity contribution >= 4 is 22.4 Å². The van der Waals surface area contributed by atoms with Gasteiger partial charge in [0.15, 0.2) is 0 Å². The Bertz CT molecular complexity index is 1040. The van der Waals surface area contributed by atoms with Crippen molar-refractivity contribution in [2.75, 3.05) is 31.5 Å². The molecule has 0 unspecified atom stereocenters. The van der Waals surface area contributed by atoms with Crippen LogP contribution in [0.15, 0.2) is 42.5 Å². The molecule has 30 heavy (non-hydrogen) atoms. The molecular formula is C24H31N5O. The number of piperazine rings is 1. The van der Waals surface area contributed by atoms with Gasteiger partial charge < -0.3 is 5.32 Å². The molecule has 6 nitrogen and oxygen atoms in total. The smallest absolute Gasteiger partial charge is 0.241 e. The lowest BCUT2D eigenvalue weighted by molar-refractivity contribution is -0.121. The van der Waals surface area contributed by atoms with E-state index in [9.17, 15) is 4.79 Å². The van der Waals surface area contributed by atoms with Crippen molar-refractivity contribution in [1.82, 2.24) is 19.6 Å². The second-order valence-electron chi connectivity index (χ2n) is 8.29. The molecule has 1 aliphatic heterocycles. The maximum absolute atomic E-state index is 12.8. The number of carbonyl (C=O) groups excluding carboxylic acids is 1. The number of benzene rings is 2. The monoisotopic (exact) mass is 405 g/mol. The number of nitrogens with one attached hydrogen (secondary N) is 1. The molecule has 1 N–H and O–H groups in total. The van der Waals surface area contributed by atoms with Gasteiger partial charge in [-0.3, -0.25) is 19.3 Å². The van der Waals surface area contributed by atoms with E-state index < -0.39 is 0 Å². The summed E-state index contributed by atoms with van der Waals surface area (Å²) in [4.78, 5) is 17.6. The summed E-state index contributed by atoms with van der Waals surface area (Å²) in [6.07, 6.45) is 0. The number of hydrogen-bond donors (Lipinski definition) is 1. The first kappa shape index (κ1) is 20.6. The summed E-state index contributed by atoms with van der Waals surface area (Å²) in [6.45, 7) is 10.6. The zero-order valence-electron chi connectivity index (χ0n) is 18.4. The maximum Gasteiger partial charge on any atom is 0.241 e. The summed E-state index contributed by atoms with van der Waals surface area (Å²) in [5, 5.41) is 10.1. The molecule has 1 aliphatic rings. The van der Waals surface area contributed by atoms with Gasteiger partial charge in [0.25, 0.3) is 0 Å². The highest BCUT2D eigenvalue weighted by molar-refractivity contribution is 5.95. The third-order valence-electron chi connectivity index (χ3n) is 6.37. The first-order chi connectivity index (χ1) is 14.4. The molecule has 2 aromatic carbocycles. The Hall–Kier alpha value is -2.70. The van der Waals surface area contributed by atoms with E-state index in [1.54, 1.807) is 0 Å². The average molecular weight is 406 g/mol. The fourth-order valence-electron chi connectivity index (χ4n) is 4.33. The van der Waals surface area contributed by atoms with Gasteiger partial charge in [-0.2, -0.15) is 5.10 Å². The van der Waals surface area contributed by atoms with Crippen molar-refractivity contribution < 1.29 is 4.79 Å². The van der Waals surface area contributed by atoms with E-state index >= 15 is 0 Å². The van der Waals surface area contributed by atoms with Crippen LogP contribution >= 0.6 is 0 Å². The van der Waals surface area contributed by atoms with Gasteiger partial charge >= 0.3 is 0 Å². The first-order valence-corrected chi connectivity index (χ1v) is 10.7. The van der Waals surface area contributed by atoms with Crippen LogP contribution in [0.3, 0.4) is 0 Å². The summed E-state index contributed by atoms with van der Waals surface area (Å²) in [5.74, 6) is 0.0386. The van der Waals surface area contributed by atoms with Crippen LogP contribution in [0.5, 0.6) is 0 Å². The molecule has 0 bridgehead atoms. The van der Waals surface area contributed by atoms with Crippen molar-refractivity contribution in [3.63, 3.8) is 0 Å². The number of aromatic nitrogens is 2. The SMILES string of the molecule is Cc1nn(C)c(C)c1NC(=O)[C@H](C)N1CCN(Cc2cccc3ccccc23)CC1. The van der Waals surface area contributed by atoms with Crippen LogP contribution in [-0.4, -0.2) is 57.7 Å². The van der Waals surface area contributed by atoms with Crippen molar-refractivity contribution in [3.8, 4) is 0 Å². The summed E-state index contributed by atoms with van der Waals surface area (Å²) in [6, 6.07) is 14.9. The Morgan fingerprint density at radius 3 is 2.47 bits per heavy atom. The molecule has 1 fully saturated rings. The van der Waals surface area contributed by atoms with Gasteiger partial charge in [-0.15, -0.1) is 0 Å². The van der Waals surface area contributed by atoms with Gasteiger partial charge in [0.1, 0.15) is 0 Å². The number of hydrogen-bond acceptors (Lipinski definition) is 4. The minimum absolute atomic E-state index is 0.0386. The number of carbonyl (C=O) groups is 1. The van der Waals surface area contributed by atoms with Crippen molar-refractivity contribution in [1.29, 1.82) is 0 Å². The molecule has 1 atom stereocenters. The Morgan fingerprint density at radius 1 is 1.07 bits per heavy atom. The number of rotatable bonds is 5. The van der Waals surface area contributed by atoms with E-state index in [0.29, 0.717) is 0 Å². The van der Waals surface area contributed by atoms with Crippen molar-refractivity contribution in [2.45, 2.75) is 33.4 Å². The number of amides is 1. The van der Waals surface area contributed by atoms with Gasteiger partial charge in [-0.25, -0.2) is 0 Å². The van der Waals surface area contributed by atoms with Crippen LogP contribution in [0.4, 0.5) is 5.69 Å². The van der Waals surface area contributed by atoms with E-state index in [0.717, 1.165) is 49.8 Å². The van der Waals surface area contributed by atoms with E-state index in [4.69, 9.17) is 0 Å². The van der Waals surface area contributed by atoms with Crippen LogP contribution < -0.4 is 5.32 Å². The van der Waals surface area contributed by atoms with E-state index in [1.807, 2.05) is 32.5 Å². The molecule has 1 saturated heterocycles. The highest BCUT2D eigenvalue weighted by atomic mass is 16.2. The minimum atomic E-state index is -0.163. The van der Waals surface area contributed by atoms with Gasteiger partial charge in [-0.1, -0.05) is 42.5 Å². The lowest BCUT2D eigenvalue weighted by atomic mass is 10.0. The zero-order chi connectivity index (χ0) is 21.3. The van der Waals surface area contributed by atoms with Crippen molar-refractivity contribution in [3.05, 3.63) is 59.4 Å². The summed E-state index contributed by atoms with van der Waals surface area (Å²) in [5.41, 5.74) is 4.04. The Balaban J connectivity index is 1.35. The number of nitrogens with zero attached hydrogens (tertiary/aromatic N) is 4. The lowest BCUT2D eigenvalue weighted by Gasteiger charge is -2.37. The third kappa shape index (κ3) is 4.11. The molecule has 0 saturated carbocycles. The van der Waals surface area contributed by atoms with Gasteiger partial charge in [-0.05, 0) is 37.1 Å². The normalized spacial score (nSPS) is 16.7. The van der Waals surface area contributed by atoms with Gasteiger partial charge in [0.2, 0.25) is 5.91 Å². The standard InChI is InChI=1S/C24H31N5O/c1-17-23(18(2)27(4)26-17)25-24(30)19(3)29-14-12-28(13-15-29)16-21-10-7-9-20-8-5-6-11-22(20)21/h5-11,19H,12-16H2,1-4H3,(H,25,30)/t19-/m0/s1. The maximum atomic E-state index is 12.8. The largest absolute Gasteiger partial charge is 0.322 e. The topological polar surface area (TPSA) is 53.4 Å². The molecule has 1 amide bonds. The summed E-state index contributed by atoms with van der Waals surface area (Å²) < 4.78 is 1.81. The van der Waals surface area contributed by atoms with Crippen LogP contribution in [0, 0.1) is 13.8 Å². The lowest BCUT2D eigenvalue weighted by Crippen LogP contribution is -2.52. The number of anilines is 1. The van der Waals surface area contributed by atoms with Gasteiger partial charge in [0, 0.05) is 39.8 Å². The first-order valence-electron chi connectivity index (χ1n) is 10.7. The quantitative estimate of drug-likeness (QED) is 0.707. The molecule has 158 valence electrons. The number of aryl methyl sites for hydroxylation is 2. The fourth-order valence-corrected chi connectivity index (χ4v) is 4.33. The summed E-state index contributed by atoms with van der Waals surface area (Å²) >= 11 is 0.